The van der Waals surface area contributed by atoms with Crippen LogP contribution in [0.25, 0.3) is 11.3 Å². The summed E-state index contributed by atoms with van der Waals surface area (Å²) >= 11 is 0. The van der Waals surface area contributed by atoms with Gasteiger partial charge in [-0.15, -0.1) is 0 Å². The topological polar surface area (TPSA) is 49.9 Å². The Morgan fingerprint density at radius 3 is 3.16 bits per heavy atom. The number of aromatic nitrogens is 2. The van der Waals surface area contributed by atoms with Crippen LogP contribution in [-0.2, 0) is 13.0 Å². The lowest BCUT2D eigenvalue weighted by Crippen LogP contribution is -2.22. The van der Waals surface area contributed by atoms with Gasteiger partial charge < -0.3 is 15.0 Å². The van der Waals surface area contributed by atoms with E-state index in [4.69, 9.17) is 4.74 Å². The zero-order chi connectivity index (χ0) is 13.2. The van der Waals surface area contributed by atoms with E-state index in [1.807, 2.05) is 12.3 Å². The van der Waals surface area contributed by atoms with Crippen molar-refractivity contribution in [3.05, 3.63) is 35.8 Å². The van der Waals surface area contributed by atoms with Crippen LogP contribution in [0.1, 0.15) is 25.2 Å². The number of fused-ring (bicyclic) bond motifs is 1. The predicted octanol–water partition coefficient (Wildman–Crippen LogP) is 2.51. The van der Waals surface area contributed by atoms with Crippen LogP contribution in [0.4, 0.5) is 0 Å². The van der Waals surface area contributed by atoms with E-state index < -0.39 is 0 Å². The van der Waals surface area contributed by atoms with Crippen LogP contribution in [0.5, 0.6) is 5.75 Å². The number of rotatable bonds is 4. The first-order chi connectivity index (χ1) is 9.22. The lowest BCUT2D eigenvalue weighted by molar-refractivity contribution is 0.357. The van der Waals surface area contributed by atoms with Gasteiger partial charge in [0, 0.05) is 18.0 Å². The second kappa shape index (κ2) is 5.05. The Kier molecular flexibility index (Phi) is 3.25. The second-order valence-corrected chi connectivity index (χ2v) is 5.20. The maximum Gasteiger partial charge on any atom is 0.122 e. The maximum absolute atomic E-state index is 5.52. The van der Waals surface area contributed by atoms with Gasteiger partial charge in [-0.05, 0) is 23.8 Å². The van der Waals surface area contributed by atoms with Crippen molar-refractivity contribution in [2.75, 3.05) is 6.61 Å². The Morgan fingerprint density at radius 1 is 1.42 bits per heavy atom. The van der Waals surface area contributed by atoms with Gasteiger partial charge in [-0.3, -0.25) is 0 Å². The van der Waals surface area contributed by atoms with E-state index in [0.29, 0.717) is 6.04 Å². The van der Waals surface area contributed by atoms with Crippen LogP contribution >= 0.6 is 0 Å². The monoisotopic (exact) mass is 257 g/mol. The SMILES string of the molecule is CC(C)NCc1ncc(-c2ccc3c(c2)CCO3)[nH]1. The summed E-state index contributed by atoms with van der Waals surface area (Å²) in [4.78, 5) is 7.77. The molecular weight excluding hydrogens is 238 g/mol. The molecule has 0 radical (unpaired) electrons. The third-order valence-electron chi connectivity index (χ3n) is 3.31. The zero-order valence-electron chi connectivity index (χ0n) is 11.4. The zero-order valence-corrected chi connectivity index (χ0v) is 11.4. The smallest absolute Gasteiger partial charge is 0.122 e. The van der Waals surface area contributed by atoms with Gasteiger partial charge in [0.25, 0.3) is 0 Å². The van der Waals surface area contributed by atoms with Crippen LogP contribution < -0.4 is 10.1 Å². The number of benzene rings is 1. The number of nitrogens with one attached hydrogen (secondary N) is 2. The summed E-state index contributed by atoms with van der Waals surface area (Å²) in [6, 6.07) is 6.78. The molecule has 0 unspecified atom stereocenters. The molecule has 0 saturated heterocycles. The second-order valence-electron chi connectivity index (χ2n) is 5.20. The van der Waals surface area contributed by atoms with Gasteiger partial charge in [-0.1, -0.05) is 13.8 Å². The van der Waals surface area contributed by atoms with Crippen molar-refractivity contribution in [3.63, 3.8) is 0 Å². The van der Waals surface area contributed by atoms with E-state index in [0.717, 1.165) is 36.8 Å². The van der Waals surface area contributed by atoms with Crippen molar-refractivity contribution in [1.82, 2.24) is 15.3 Å². The molecule has 0 bridgehead atoms. The molecule has 0 spiro atoms. The van der Waals surface area contributed by atoms with Crippen LogP contribution in [0.2, 0.25) is 0 Å². The highest BCUT2D eigenvalue weighted by atomic mass is 16.5. The van der Waals surface area contributed by atoms with Crippen LogP contribution in [-0.4, -0.2) is 22.6 Å². The average molecular weight is 257 g/mol. The summed E-state index contributed by atoms with van der Waals surface area (Å²) in [6.45, 7) is 5.83. The van der Waals surface area contributed by atoms with Gasteiger partial charge in [-0.2, -0.15) is 0 Å². The minimum atomic E-state index is 0.464. The summed E-state index contributed by atoms with van der Waals surface area (Å²) in [5.41, 5.74) is 3.52. The molecule has 0 atom stereocenters. The van der Waals surface area contributed by atoms with Crippen molar-refractivity contribution < 1.29 is 4.74 Å². The third kappa shape index (κ3) is 2.63. The van der Waals surface area contributed by atoms with E-state index in [9.17, 15) is 0 Å². The number of hydrogen-bond donors (Lipinski definition) is 2. The first-order valence-corrected chi connectivity index (χ1v) is 6.76. The van der Waals surface area contributed by atoms with E-state index in [1.54, 1.807) is 0 Å². The molecule has 100 valence electrons. The van der Waals surface area contributed by atoms with Gasteiger partial charge in [0.2, 0.25) is 0 Å². The van der Waals surface area contributed by atoms with Gasteiger partial charge in [0.1, 0.15) is 11.6 Å². The Labute approximate surface area is 113 Å². The van der Waals surface area contributed by atoms with Crippen LogP contribution in [0, 0.1) is 0 Å². The fraction of sp³-hybridized carbons (Fsp3) is 0.400. The normalized spacial score (nSPS) is 13.6. The van der Waals surface area contributed by atoms with Crippen LogP contribution in [0.15, 0.2) is 24.4 Å². The quantitative estimate of drug-likeness (QED) is 0.885. The molecule has 0 fully saturated rings. The fourth-order valence-electron chi connectivity index (χ4n) is 2.25. The molecular formula is C15H19N3O. The van der Waals surface area contributed by atoms with Gasteiger partial charge in [0.05, 0.1) is 25.0 Å². The minimum Gasteiger partial charge on any atom is -0.493 e. The standard InChI is InChI=1S/C15H19N3O/c1-10(2)16-9-15-17-8-13(18-15)11-3-4-14-12(7-11)5-6-19-14/h3-4,7-8,10,16H,5-6,9H2,1-2H3,(H,17,18). The van der Waals surface area contributed by atoms with E-state index in [-0.39, 0.29) is 0 Å². The average Bonchev–Trinajstić information content (AvgIpc) is 3.04. The first kappa shape index (κ1) is 12.2. The summed E-state index contributed by atoms with van der Waals surface area (Å²) in [6.07, 6.45) is 2.90. The number of aromatic amines is 1. The lowest BCUT2D eigenvalue weighted by Gasteiger charge is -2.05. The molecule has 0 aliphatic carbocycles. The molecule has 2 N–H and O–H groups in total. The van der Waals surface area contributed by atoms with Gasteiger partial charge >= 0.3 is 0 Å². The number of H-pyrrole nitrogens is 1. The highest BCUT2D eigenvalue weighted by Gasteiger charge is 2.13. The molecule has 4 nitrogen and oxygen atoms in total. The van der Waals surface area contributed by atoms with Gasteiger partial charge in [0.15, 0.2) is 0 Å². The minimum absolute atomic E-state index is 0.464. The molecule has 4 heteroatoms. The summed E-state index contributed by atoms with van der Waals surface area (Å²) in [5.74, 6) is 1.99. The molecule has 19 heavy (non-hydrogen) atoms. The first-order valence-electron chi connectivity index (χ1n) is 6.76. The van der Waals surface area contributed by atoms with Crippen molar-refractivity contribution in [3.8, 4) is 17.0 Å². The van der Waals surface area contributed by atoms with Crippen LogP contribution in [0.3, 0.4) is 0 Å². The Bertz CT molecular complexity index is 575. The molecule has 1 aliphatic heterocycles. The molecule has 3 rings (SSSR count). The largest absolute Gasteiger partial charge is 0.493 e. The molecule has 1 aromatic heterocycles. The van der Waals surface area contributed by atoms with Crippen molar-refractivity contribution in [2.24, 2.45) is 0 Å². The predicted molar refractivity (Wildman–Crippen MR) is 75.2 cm³/mol. The summed E-state index contributed by atoms with van der Waals surface area (Å²) in [7, 11) is 0. The lowest BCUT2D eigenvalue weighted by atomic mass is 10.1. The number of hydrogen-bond acceptors (Lipinski definition) is 3. The highest BCUT2D eigenvalue weighted by Crippen LogP contribution is 2.29. The molecule has 2 aromatic rings. The van der Waals surface area contributed by atoms with Gasteiger partial charge in [-0.25, -0.2) is 4.98 Å². The molecule has 2 heterocycles. The van der Waals surface area contributed by atoms with E-state index in [2.05, 4.69) is 41.3 Å². The molecule has 0 saturated carbocycles. The number of ether oxygens (including phenoxy) is 1. The Balaban J connectivity index is 1.79. The highest BCUT2D eigenvalue weighted by molar-refractivity contribution is 5.62. The summed E-state index contributed by atoms with van der Waals surface area (Å²) < 4.78 is 5.52. The third-order valence-corrected chi connectivity index (χ3v) is 3.31. The van der Waals surface area contributed by atoms with E-state index >= 15 is 0 Å². The number of nitrogens with zero attached hydrogens (tertiary/aromatic N) is 1. The Morgan fingerprint density at radius 2 is 2.32 bits per heavy atom. The van der Waals surface area contributed by atoms with Crippen molar-refractivity contribution >= 4 is 0 Å². The molecule has 1 aliphatic rings. The number of imidazole rings is 1. The Hall–Kier alpha value is -1.81. The van der Waals surface area contributed by atoms with E-state index in [1.165, 1.54) is 11.1 Å². The van der Waals surface area contributed by atoms with Crippen molar-refractivity contribution in [1.29, 1.82) is 0 Å². The van der Waals surface area contributed by atoms with Crippen molar-refractivity contribution in [2.45, 2.75) is 32.9 Å². The molecule has 0 amide bonds. The fourth-order valence-corrected chi connectivity index (χ4v) is 2.25. The summed E-state index contributed by atoms with van der Waals surface area (Å²) in [5, 5.41) is 3.35. The molecule has 1 aromatic carbocycles. The maximum atomic E-state index is 5.52.